The molecule has 0 N–H and O–H groups in total. The Hall–Kier alpha value is -2.29. The average Bonchev–Trinajstić information content (AvgIpc) is 2.55. The third-order valence-electron chi connectivity index (χ3n) is 4.00. The second-order valence-electron chi connectivity index (χ2n) is 5.62. The first-order chi connectivity index (χ1) is 10.5. The van der Waals surface area contributed by atoms with Crippen molar-refractivity contribution in [2.75, 3.05) is 20.7 Å². The largest absolute Gasteiger partial charge is 0.497 e. The van der Waals surface area contributed by atoms with Gasteiger partial charge in [0.1, 0.15) is 5.75 Å². The highest BCUT2D eigenvalue weighted by atomic mass is 16.5. The molecule has 3 heteroatoms. The van der Waals surface area contributed by atoms with Crippen LogP contribution in [-0.2, 0) is 6.42 Å². The molecule has 0 heterocycles. The topological polar surface area (TPSA) is 29.5 Å². The van der Waals surface area contributed by atoms with Crippen LogP contribution < -0.4 is 4.74 Å². The molecule has 0 aliphatic heterocycles. The van der Waals surface area contributed by atoms with Gasteiger partial charge < -0.3 is 9.64 Å². The number of rotatable bonds is 5. The number of amides is 1. The van der Waals surface area contributed by atoms with Gasteiger partial charge in [0.2, 0.25) is 0 Å². The van der Waals surface area contributed by atoms with E-state index in [9.17, 15) is 4.79 Å². The van der Waals surface area contributed by atoms with Crippen molar-refractivity contribution in [1.82, 2.24) is 4.90 Å². The van der Waals surface area contributed by atoms with E-state index in [-0.39, 0.29) is 5.91 Å². The van der Waals surface area contributed by atoms with Crippen LogP contribution in [0.2, 0.25) is 0 Å². The minimum atomic E-state index is 0.0663. The highest BCUT2D eigenvalue weighted by molar-refractivity contribution is 5.94. The van der Waals surface area contributed by atoms with Crippen LogP contribution in [0.25, 0.3) is 0 Å². The number of methoxy groups -OCH3 is 1. The van der Waals surface area contributed by atoms with Crippen molar-refractivity contribution in [1.29, 1.82) is 0 Å². The molecule has 0 aromatic heterocycles. The van der Waals surface area contributed by atoms with Crippen molar-refractivity contribution in [2.45, 2.75) is 20.3 Å². The molecule has 0 atom stereocenters. The number of carbonyl (C=O) groups is 1. The molecule has 0 spiro atoms. The number of hydrogen-bond donors (Lipinski definition) is 0. The molecular formula is C19H23NO2. The van der Waals surface area contributed by atoms with Gasteiger partial charge in [0.25, 0.3) is 5.91 Å². The van der Waals surface area contributed by atoms with Crippen LogP contribution in [0.1, 0.15) is 27.0 Å². The third kappa shape index (κ3) is 3.88. The molecule has 0 radical (unpaired) electrons. The van der Waals surface area contributed by atoms with Crippen LogP contribution in [0.3, 0.4) is 0 Å². The van der Waals surface area contributed by atoms with E-state index >= 15 is 0 Å². The quantitative estimate of drug-likeness (QED) is 0.843. The van der Waals surface area contributed by atoms with Gasteiger partial charge in [0, 0.05) is 19.2 Å². The molecule has 0 saturated carbocycles. The van der Waals surface area contributed by atoms with Gasteiger partial charge in [-0.25, -0.2) is 0 Å². The zero-order valence-electron chi connectivity index (χ0n) is 13.7. The Bertz CT molecular complexity index is 647. The zero-order valence-corrected chi connectivity index (χ0v) is 13.7. The first-order valence-electron chi connectivity index (χ1n) is 7.47. The highest BCUT2D eigenvalue weighted by Crippen LogP contribution is 2.14. The molecule has 0 unspecified atom stereocenters. The van der Waals surface area contributed by atoms with Crippen LogP contribution in [0.15, 0.2) is 42.5 Å². The van der Waals surface area contributed by atoms with Crippen LogP contribution in [0, 0.1) is 13.8 Å². The van der Waals surface area contributed by atoms with Gasteiger partial charge in [0.05, 0.1) is 7.11 Å². The minimum Gasteiger partial charge on any atom is -0.497 e. The summed E-state index contributed by atoms with van der Waals surface area (Å²) in [6, 6.07) is 13.8. The fourth-order valence-electron chi connectivity index (χ4n) is 2.29. The Kier molecular flexibility index (Phi) is 5.21. The van der Waals surface area contributed by atoms with Gasteiger partial charge in [-0.2, -0.15) is 0 Å². The summed E-state index contributed by atoms with van der Waals surface area (Å²) in [7, 11) is 3.51. The van der Waals surface area contributed by atoms with E-state index in [1.54, 1.807) is 12.0 Å². The molecule has 0 aliphatic rings. The van der Waals surface area contributed by atoms with Crippen molar-refractivity contribution < 1.29 is 9.53 Å². The van der Waals surface area contributed by atoms with E-state index in [1.165, 1.54) is 11.1 Å². The van der Waals surface area contributed by atoms with Crippen molar-refractivity contribution in [2.24, 2.45) is 0 Å². The van der Waals surface area contributed by atoms with Gasteiger partial charge in [-0.15, -0.1) is 0 Å². The van der Waals surface area contributed by atoms with E-state index in [0.717, 1.165) is 23.3 Å². The maximum absolute atomic E-state index is 12.4. The molecule has 22 heavy (non-hydrogen) atoms. The number of aryl methyl sites for hydroxylation is 2. The number of likely N-dealkylation sites (N-methyl/N-ethyl adjacent to an activating group) is 1. The van der Waals surface area contributed by atoms with Gasteiger partial charge in [-0.1, -0.05) is 18.2 Å². The van der Waals surface area contributed by atoms with Gasteiger partial charge in [-0.05, 0) is 61.2 Å². The number of carbonyl (C=O) groups excluding carboxylic acids is 1. The normalized spacial score (nSPS) is 10.4. The third-order valence-corrected chi connectivity index (χ3v) is 4.00. The number of hydrogen-bond acceptors (Lipinski definition) is 2. The summed E-state index contributed by atoms with van der Waals surface area (Å²) in [5, 5.41) is 0. The van der Waals surface area contributed by atoms with E-state index in [1.807, 2.05) is 56.4 Å². The molecule has 2 aromatic rings. The monoisotopic (exact) mass is 297 g/mol. The standard InChI is InChI=1S/C19H23NO2/c1-14-5-8-17(13-15(14)2)19(21)20(3)12-11-16-6-9-18(22-4)10-7-16/h5-10,13H,11-12H2,1-4H3. The Labute approximate surface area is 132 Å². The first-order valence-corrected chi connectivity index (χ1v) is 7.47. The van der Waals surface area contributed by atoms with Crippen molar-refractivity contribution in [3.63, 3.8) is 0 Å². The fourth-order valence-corrected chi connectivity index (χ4v) is 2.29. The van der Waals surface area contributed by atoms with Crippen molar-refractivity contribution in [3.05, 3.63) is 64.7 Å². The fraction of sp³-hybridized carbons (Fsp3) is 0.316. The molecule has 2 aromatic carbocycles. The summed E-state index contributed by atoms with van der Waals surface area (Å²) in [6.45, 7) is 4.78. The molecular weight excluding hydrogens is 274 g/mol. The molecule has 1 amide bonds. The Morgan fingerprint density at radius 1 is 1.05 bits per heavy atom. The molecule has 0 bridgehead atoms. The molecule has 0 saturated heterocycles. The van der Waals surface area contributed by atoms with Crippen molar-refractivity contribution >= 4 is 5.91 Å². The summed E-state index contributed by atoms with van der Waals surface area (Å²) in [5.41, 5.74) is 4.30. The van der Waals surface area contributed by atoms with Crippen LogP contribution in [-0.4, -0.2) is 31.5 Å². The van der Waals surface area contributed by atoms with Crippen molar-refractivity contribution in [3.8, 4) is 5.75 Å². The van der Waals surface area contributed by atoms with E-state index in [0.29, 0.717) is 6.54 Å². The highest BCUT2D eigenvalue weighted by Gasteiger charge is 2.12. The summed E-state index contributed by atoms with van der Waals surface area (Å²) in [4.78, 5) is 14.2. The summed E-state index contributed by atoms with van der Waals surface area (Å²) in [5.74, 6) is 0.917. The lowest BCUT2D eigenvalue weighted by Crippen LogP contribution is -2.28. The lowest BCUT2D eigenvalue weighted by atomic mass is 10.1. The summed E-state index contributed by atoms with van der Waals surface area (Å²) in [6.07, 6.45) is 0.830. The lowest BCUT2D eigenvalue weighted by molar-refractivity contribution is 0.0796. The second-order valence-corrected chi connectivity index (χ2v) is 5.62. The Morgan fingerprint density at radius 3 is 2.32 bits per heavy atom. The predicted molar refractivity (Wildman–Crippen MR) is 89.6 cm³/mol. The maximum Gasteiger partial charge on any atom is 0.253 e. The van der Waals surface area contributed by atoms with Crippen LogP contribution in [0.4, 0.5) is 0 Å². The second kappa shape index (κ2) is 7.12. The minimum absolute atomic E-state index is 0.0663. The smallest absolute Gasteiger partial charge is 0.253 e. The Morgan fingerprint density at radius 2 is 1.73 bits per heavy atom. The number of benzene rings is 2. The van der Waals surface area contributed by atoms with Gasteiger partial charge in [0.15, 0.2) is 0 Å². The molecule has 3 nitrogen and oxygen atoms in total. The number of ether oxygens (including phenoxy) is 1. The summed E-state index contributed by atoms with van der Waals surface area (Å²) >= 11 is 0. The van der Waals surface area contributed by atoms with Crippen LogP contribution in [0.5, 0.6) is 5.75 Å². The molecule has 0 aliphatic carbocycles. The summed E-state index contributed by atoms with van der Waals surface area (Å²) < 4.78 is 5.15. The van der Waals surface area contributed by atoms with Gasteiger partial charge >= 0.3 is 0 Å². The lowest BCUT2D eigenvalue weighted by Gasteiger charge is -2.18. The van der Waals surface area contributed by atoms with E-state index in [4.69, 9.17) is 4.74 Å². The predicted octanol–water partition coefficient (Wildman–Crippen LogP) is 3.63. The zero-order chi connectivity index (χ0) is 16.1. The SMILES string of the molecule is COc1ccc(CCN(C)C(=O)c2ccc(C)c(C)c2)cc1. The maximum atomic E-state index is 12.4. The van der Waals surface area contributed by atoms with E-state index < -0.39 is 0 Å². The van der Waals surface area contributed by atoms with Gasteiger partial charge in [-0.3, -0.25) is 4.79 Å². The number of nitrogens with zero attached hydrogens (tertiary/aromatic N) is 1. The van der Waals surface area contributed by atoms with Crippen LogP contribution >= 0.6 is 0 Å². The average molecular weight is 297 g/mol. The Balaban J connectivity index is 1.97. The molecule has 116 valence electrons. The van der Waals surface area contributed by atoms with E-state index in [2.05, 4.69) is 6.92 Å². The molecule has 0 fully saturated rings. The first kappa shape index (κ1) is 16.1. The molecule has 2 rings (SSSR count).